The summed E-state index contributed by atoms with van der Waals surface area (Å²) in [6.45, 7) is 3.23. The number of aryl methyl sites for hydroxylation is 1. The fourth-order valence-electron chi connectivity index (χ4n) is 1.81. The normalized spacial score (nSPS) is 10.5. The first-order valence-electron chi connectivity index (χ1n) is 6.07. The van der Waals surface area contributed by atoms with E-state index in [1.807, 2.05) is 48.8 Å². The molecule has 0 spiro atoms. The fraction of sp³-hybridized carbons (Fsp3) is 0.385. The summed E-state index contributed by atoms with van der Waals surface area (Å²) in [4.78, 5) is 10.3. The molecule has 0 radical (unpaired) electrons. The van der Waals surface area contributed by atoms with Crippen molar-refractivity contribution < 1.29 is 4.74 Å². The van der Waals surface area contributed by atoms with Gasteiger partial charge in [0.2, 0.25) is 5.88 Å². The summed E-state index contributed by atoms with van der Waals surface area (Å²) in [5.41, 5.74) is 1.11. The van der Waals surface area contributed by atoms with Crippen LogP contribution >= 0.6 is 11.6 Å². The van der Waals surface area contributed by atoms with Crippen LogP contribution in [0.3, 0.4) is 0 Å². The Morgan fingerprint density at radius 3 is 2.79 bits per heavy atom. The van der Waals surface area contributed by atoms with Crippen molar-refractivity contribution in [3.63, 3.8) is 0 Å². The number of rotatable bonds is 5. The van der Waals surface area contributed by atoms with Gasteiger partial charge in [-0.2, -0.15) is 0 Å². The molecule has 2 heterocycles. The highest BCUT2D eigenvalue weighted by Crippen LogP contribution is 2.19. The summed E-state index contributed by atoms with van der Waals surface area (Å²) in [6, 6.07) is 3.77. The molecular formula is C13H17ClN4O. The van der Waals surface area contributed by atoms with Crippen LogP contribution in [0.5, 0.6) is 5.88 Å². The van der Waals surface area contributed by atoms with Crippen molar-refractivity contribution in [2.75, 3.05) is 18.6 Å². The highest BCUT2D eigenvalue weighted by atomic mass is 35.5. The minimum atomic E-state index is 0.587. The van der Waals surface area contributed by atoms with Gasteiger partial charge in [0.05, 0.1) is 18.2 Å². The predicted octanol–water partition coefficient (Wildman–Crippen LogP) is 2.50. The number of aromatic nitrogens is 3. The van der Waals surface area contributed by atoms with Gasteiger partial charge in [0, 0.05) is 32.1 Å². The minimum Gasteiger partial charge on any atom is -0.478 e. The van der Waals surface area contributed by atoms with Gasteiger partial charge in [0.25, 0.3) is 0 Å². The Morgan fingerprint density at radius 2 is 2.16 bits per heavy atom. The molecule has 0 N–H and O–H groups in total. The lowest BCUT2D eigenvalue weighted by Gasteiger charge is -2.18. The van der Waals surface area contributed by atoms with Crippen molar-refractivity contribution in [2.45, 2.75) is 13.5 Å². The van der Waals surface area contributed by atoms with Crippen molar-refractivity contribution in [2.24, 2.45) is 7.05 Å². The standard InChI is InChI=1S/C13H17ClN4O/c1-4-19-13-6-12(15-9-16-13)18(3)8-11-5-10(14)7-17(11)2/h5-7,9H,4,8H2,1-3H3. The highest BCUT2D eigenvalue weighted by Gasteiger charge is 2.09. The molecule has 0 aliphatic heterocycles. The average molecular weight is 281 g/mol. The Balaban J connectivity index is 2.13. The molecule has 0 fully saturated rings. The smallest absolute Gasteiger partial charge is 0.218 e. The molecule has 0 aliphatic carbocycles. The van der Waals surface area contributed by atoms with Gasteiger partial charge in [0.15, 0.2) is 0 Å². The zero-order chi connectivity index (χ0) is 13.8. The first-order chi connectivity index (χ1) is 9.10. The molecule has 0 aromatic carbocycles. The predicted molar refractivity (Wildman–Crippen MR) is 75.7 cm³/mol. The Hall–Kier alpha value is -1.75. The number of anilines is 1. The number of hydrogen-bond acceptors (Lipinski definition) is 4. The Morgan fingerprint density at radius 1 is 1.37 bits per heavy atom. The molecule has 2 aromatic rings. The van der Waals surface area contributed by atoms with Crippen LogP contribution in [-0.4, -0.2) is 28.2 Å². The lowest BCUT2D eigenvalue weighted by Crippen LogP contribution is -2.19. The van der Waals surface area contributed by atoms with Gasteiger partial charge in [0.1, 0.15) is 12.1 Å². The number of ether oxygens (including phenoxy) is 1. The van der Waals surface area contributed by atoms with Crippen LogP contribution in [0.15, 0.2) is 24.7 Å². The van der Waals surface area contributed by atoms with E-state index in [0.717, 1.165) is 16.5 Å². The summed E-state index contributed by atoms with van der Waals surface area (Å²) in [5, 5.41) is 0.739. The lowest BCUT2D eigenvalue weighted by molar-refractivity contribution is 0.326. The molecule has 0 amide bonds. The molecule has 0 aliphatic rings. The molecule has 2 rings (SSSR count). The number of hydrogen-bond donors (Lipinski definition) is 0. The molecule has 5 nitrogen and oxygen atoms in total. The third kappa shape index (κ3) is 3.38. The van der Waals surface area contributed by atoms with Gasteiger partial charge >= 0.3 is 0 Å². The fourth-order valence-corrected chi connectivity index (χ4v) is 2.09. The van der Waals surface area contributed by atoms with E-state index in [1.165, 1.54) is 6.33 Å². The zero-order valence-electron chi connectivity index (χ0n) is 11.3. The summed E-state index contributed by atoms with van der Waals surface area (Å²) < 4.78 is 7.37. The van der Waals surface area contributed by atoms with E-state index in [-0.39, 0.29) is 0 Å². The highest BCUT2D eigenvalue weighted by molar-refractivity contribution is 6.30. The molecular weight excluding hydrogens is 264 g/mol. The van der Waals surface area contributed by atoms with Crippen molar-refractivity contribution in [3.8, 4) is 5.88 Å². The molecule has 102 valence electrons. The Bertz CT molecular complexity index is 555. The van der Waals surface area contributed by atoms with Crippen molar-refractivity contribution in [1.82, 2.24) is 14.5 Å². The first kappa shape index (κ1) is 13.7. The molecule has 0 saturated heterocycles. The second-order valence-corrected chi connectivity index (χ2v) is 4.70. The third-order valence-electron chi connectivity index (χ3n) is 2.78. The van der Waals surface area contributed by atoms with Gasteiger partial charge in [-0.05, 0) is 13.0 Å². The van der Waals surface area contributed by atoms with Crippen molar-refractivity contribution in [1.29, 1.82) is 0 Å². The second kappa shape index (κ2) is 5.93. The second-order valence-electron chi connectivity index (χ2n) is 4.26. The topological polar surface area (TPSA) is 43.2 Å². The maximum atomic E-state index is 5.98. The minimum absolute atomic E-state index is 0.587. The van der Waals surface area contributed by atoms with Crippen molar-refractivity contribution in [3.05, 3.63) is 35.4 Å². The largest absolute Gasteiger partial charge is 0.478 e. The maximum absolute atomic E-state index is 5.98. The van der Waals surface area contributed by atoms with Crippen LogP contribution in [0.4, 0.5) is 5.82 Å². The van der Waals surface area contributed by atoms with Gasteiger partial charge in [-0.15, -0.1) is 0 Å². The van der Waals surface area contributed by atoms with Crippen LogP contribution in [0.2, 0.25) is 5.02 Å². The molecule has 2 aromatic heterocycles. The van der Waals surface area contributed by atoms with Crippen LogP contribution in [0, 0.1) is 0 Å². The average Bonchev–Trinajstić information content (AvgIpc) is 2.68. The Labute approximate surface area is 117 Å². The molecule has 6 heteroatoms. The van der Waals surface area contributed by atoms with E-state index in [1.54, 1.807) is 0 Å². The molecule has 0 bridgehead atoms. The number of halogens is 1. The molecule has 0 unspecified atom stereocenters. The lowest BCUT2D eigenvalue weighted by atomic mass is 10.4. The summed E-state index contributed by atoms with van der Waals surface area (Å²) in [7, 11) is 3.94. The molecule has 0 atom stereocenters. The van der Waals surface area contributed by atoms with Crippen LogP contribution in [0.1, 0.15) is 12.6 Å². The quantitative estimate of drug-likeness (QED) is 0.844. The van der Waals surface area contributed by atoms with Crippen LogP contribution in [-0.2, 0) is 13.6 Å². The van der Waals surface area contributed by atoms with Crippen molar-refractivity contribution >= 4 is 17.4 Å². The molecule has 19 heavy (non-hydrogen) atoms. The van der Waals surface area contributed by atoms with Gasteiger partial charge in [-0.1, -0.05) is 11.6 Å². The third-order valence-corrected chi connectivity index (χ3v) is 2.99. The zero-order valence-corrected chi connectivity index (χ0v) is 12.1. The summed E-state index contributed by atoms with van der Waals surface area (Å²) >= 11 is 5.98. The van der Waals surface area contributed by atoms with E-state index in [2.05, 4.69) is 9.97 Å². The first-order valence-corrected chi connectivity index (χ1v) is 6.44. The SMILES string of the molecule is CCOc1cc(N(C)Cc2cc(Cl)cn2C)ncn1. The van der Waals surface area contributed by atoms with E-state index < -0.39 is 0 Å². The van der Waals surface area contributed by atoms with E-state index in [0.29, 0.717) is 19.0 Å². The van der Waals surface area contributed by atoms with E-state index in [9.17, 15) is 0 Å². The van der Waals surface area contributed by atoms with E-state index in [4.69, 9.17) is 16.3 Å². The maximum Gasteiger partial charge on any atom is 0.218 e. The summed E-state index contributed by atoms with van der Waals surface area (Å²) in [6.07, 6.45) is 3.39. The van der Waals surface area contributed by atoms with Crippen LogP contribution < -0.4 is 9.64 Å². The van der Waals surface area contributed by atoms with Gasteiger partial charge in [-0.25, -0.2) is 9.97 Å². The van der Waals surface area contributed by atoms with Crippen LogP contribution in [0.25, 0.3) is 0 Å². The van der Waals surface area contributed by atoms with E-state index >= 15 is 0 Å². The Kier molecular flexibility index (Phi) is 4.27. The number of nitrogens with zero attached hydrogens (tertiary/aromatic N) is 4. The molecule has 0 saturated carbocycles. The monoisotopic (exact) mass is 280 g/mol. The summed E-state index contributed by atoms with van der Waals surface area (Å²) in [5.74, 6) is 1.40. The van der Waals surface area contributed by atoms with Gasteiger partial charge in [-0.3, -0.25) is 0 Å². The van der Waals surface area contributed by atoms with Gasteiger partial charge < -0.3 is 14.2 Å².